The maximum Gasteiger partial charge on any atom is 0.129 e. The summed E-state index contributed by atoms with van der Waals surface area (Å²) >= 11 is 0. The Morgan fingerprint density at radius 2 is 2.00 bits per heavy atom. The fourth-order valence-corrected chi connectivity index (χ4v) is 3.21. The standard InChI is InChI=1S/C21H24O4/c1-13(2)4-7-18-19(22)9-5-14-10-15(12-25-21(14)18)17-8-6-16(24-3)11-20(17)23/h4-6,8-9,11,15,22-23H,7,10,12H2,1-3H3/t15-/m1/s1. The lowest BCUT2D eigenvalue weighted by atomic mass is 9.88. The summed E-state index contributed by atoms with van der Waals surface area (Å²) in [7, 11) is 1.58. The molecule has 0 spiro atoms. The zero-order chi connectivity index (χ0) is 18.0. The van der Waals surface area contributed by atoms with Crippen molar-refractivity contribution in [3.63, 3.8) is 0 Å². The molecule has 2 aromatic carbocycles. The summed E-state index contributed by atoms with van der Waals surface area (Å²) in [4.78, 5) is 0. The van der Waals surface area contributed by atoms with Crippen molar-refractivity contribution in [2.24, 2.45) is 0 Å². The first kappa shape index (κ1) is 17.2. The molecule has 4 heteroatoms. The van der Waals surface area contributed by atoms with Gasteiger partial charge >= 0.3 is 0 Å². The number of allylic oxidation sites excluding steroid dienone is 2. The Morgan fingerprint density at radius 1 is 1.20 bits per heavy atom. The lowest BCUT2D eigenvalue weighted by Gasteiger charge is -2.28. The average Bonchev–Trinajstić information content (AvgIpc) is 2.60. The fourth-order valence-electron chi connectivity index (χ4n) is 3.21. The van der Waals surface area contributed by atoms with Gasteiger partial charge in [-0.15, -0.1) is 0 Å². The summed E-state index contributed by atoms with van der Waals surface area (Å²) in [5, 5.41) is 20.5. The number of benzene rings is 2. The first-order valence-corrected chi connectivity index (χ1v) is 8.46. The molecule has 132 valence electrons. The molecular weight excluding hydrogens is 316 g/mol. The Hall–Kier alpha value is -2.62. The summed E-state index contributed by atoms with van der Waals surface area (Å²) in [5.74, 6) is 1.97. The summed E-state index contributed by atoms with van der Waals surface area (Å²) in [6.45, 7) is 4.55. The molecule has 4 nitrogen and oxygen atoms in total. The van der Waals surface area contributed by atoms with E-state index >= 15 is 0 Å². The van der Waals surface area contributed by atoms with Crippen LogP contribution in [0.2, 0.25) is 0 Å². The van der Waals surface area contributed by atoms with Crippen molar-refractivity contribution in [3.8, 4) is 23.0 Å². The summed E-state index contributed by atoms with van der Waals surface area (Å²) in [6.07, 6.45) is 3.49. The Labute approximate surface area is 148 Å². The molecule has 3 rings (SSSR count). The predicted octanol–water partition coefficient (Wildman–Crippen LogP) is 4.33. The topological polar surface area (TPSA) is 58.9 Å². The van der Waals surface area contributed by atoms with Crippen LogP contribution in [0.3, 0.4) is 0 Å². The highest BCUT2D eigenvalue weighted by Crippen LogP contribution is 2.41. The molecule has 0 bridgehead atoms. The van der Waals surface area contributed by atoms with E-state index in [0.717, 1.165) is 28.9 Å². The van der Waals surface area contributed by atoms with Crippen molar-refractivity contribution < 1.29 is 19.7 Å². The molecule has 0 saturated heterocycles. The lowest BCUT2D eigenvalue weighted by Crippen LogP contribution is -2.20. The van der Waals surface area contributed by atoms with Crippen LogP contribution in [0.25, 0.3) is 0 Å². The van der Waals surface area contributed by atoms with Crippen molar-refractivity contribution in [1.82, 2.24) is 0 Å². The highest BCUT2D eigenvalue weighted by Gasteiger charge is 2.26. The molecule has 2 N–H and O–H groups in total. The van der Waals surface area contributed by atoms with Crippen LogP contribution in [0.5, 0.6) is 23.0 Å². The van der Waals surface area contributed by atoms with Crippen molar-refractivity contribution in [2.75, 3.05) is 13.7 Å². The minimum absolute atomic E-state index is 0.0688. The monoisotopic (exact) mass is 340 g/mol. The van der Waals surface area contributed by atoms with Crippen LogP contribution >= 0.6 is 0 Å². The van der Waals surface area contributed by atoms with Gasteiger partial charge in [-0.3, -0.25) is 0 Å². The molecule has 0 saturated carbocycles. The van der Waals surface area contributed by atoms with Gasteiger partial charge < -0.3 is 19.7 Å². The predicted molar refractivity (Wildman–Crippen MR) is 97.8 cm³/mol. The van der Waals surface area contributed by atoms with E-state index in [0.29, 0.717) is 18.8 Å². The third kappa shape index (κ3) is 3.58. The average molecular weight is 340 g/mol. The van der Waals surface area contributed by atoms with Crippen LogP contribution in [-0.2, 0) is 12.8 Å². The Bertz CT molecular complexity index is 804. The maximum absolute atomic E-state index is 10.3. The van der Waals surface area contributed by atoms with Gasteiger partial charge in [0.05, 0.1) is 13.7 Å². The van der Waals surface area contributed by atoms with Gasteiger partial charge in [-0.1, -0.05) is 23.8 Å². The Balaban J connectivity index is 1.89. The largest absolute Gasteiger partial charge is 0.508 e. The van der Waals surface area contributed by atoms with Crippen molar-refractivity contribution in [3.05, 3.63) is 58.7 Å². The van der Waals surface area contributed by atoms with Gasteiger partial charge in [0, 0.05) is 23.1 Å². The molecule has 1 aliphatic heterocycles. The second-order valence-electron chi connectivity index (χ2n) is 6.67. The number of phenolic OH excluding ortho intramolecular Hbond substituents is 2. The number of hydrogen-bond acceptors (Lipinski definition) is 4. The number of aromatic hydroxyl groups is 2. The van der Waals surface area contributed by atoms with Crippen molar-refractivity contribution >= 4 is 0 Å². The van der Waals surface area contributed by atoms with E-state index in [1.54, 1.807) is 19.2 Å². The smallest absolute Gasteiger partial charge is 0.129 e. The zero-order valence-electron chi connectivity index (χ0n) is 14.9. The highest BCUT2D eigenvalue weighted by molar-refractivity contribution is 5.53. The first-order chi connectivity index (χ1) is 12.0. The number of ether oxygens (including phenoxy) is 2. The van der Waals surface area contributed by atoms with Crippen molar-refractivity contribution in [1.29, 1.82) is 0 Å². The van der Waals surface area contributed by atoms with Crippen LogP contribution in [-0.4, -0.2) is 23.9 Å². The van der Waals surface area contributed by atoms with Gasteiger partial charge in [-0.05, 0) is 44.4 Å². The number of hydrogen-bond donors (Lipinski definition) is 2. The van der Waals surface area contributed by atoms with Gasteiger partial charge in [-0.25, -0.2) is 0 Å². The first-order valence-electron chi connectivity index (χ1n) is 8.46. The van der Waals surface area contributed by atoms with E-state index in [4.69, 9.17) is 9.47 Å². The Morgan fingerprint density at radius 3 is 2.68 bits per heavy atom. The minimum atomic E-state index is 0.0688. The third-order valence-electron chi connectivity index (χ3n) is 4.60. The SMILES string of the molecule is COc1ccc([C@H]2COc3c(ccc(O)c3CC=C(C)C)C2)c(O)c1. The number of phenols is 2. The molecule has 0 amide bonds. The molecule has 1 aliphatic rings. The molecule has 1 atom stereocenters. The van der Waals surface area contributed by atoms with E-state index in [2.05, 4.69) is 6.08 Å². The normalized spacial score (nSPS) is 15.9. The molecule has 0 fully saturated rings. The zero-order valence-corrected chi connectivity index (χ0v) is 14.9. The molecule has 0 unspecified atom stereocenters. The molecule has 2 aromatic rings. The second-order valence-corrected chi connectivity index (χ2v) is 6.67. The number of rotatable bonds is 4. The molecule has 25 heavy (non-hydrogen) atoms. The maximum atomic E-state index is 10.3. The molecular formula is C21H24O4. The molecule has 0 aromatic heterocycles. The van der Waals surface area contributed by atoms with Crippen molar-refractivity contribution in [2.45, 2.75) is 32.6 Å². The van der Waals surface area contributed by atoms with Crippen LogP contribution < -0.4 is 9.47 Å². The third-order valence-corrected chi connectivity index (χ3v) is 4.60. The lowest BCUT2D eigenvalue weighted by molar-refractivity contribution is 0.255. The molecule has 0 radical (unpaired) electrons. The number of fused-ring (bicyclic) bond motifs is 1. The van der Waals surface area contributed by atoms with Gasteiger partial charge in [0.2, 0.25) is 0 Å². The summed E-state index contributed by atoms with van der Waals surface area (Å²) in [6, 6.07) is 9.00. The van der Waals surface area contributed by atoms with Gasteiger partial charge in [0.1, 0.15) is 23.0 Å². The summed E-state index contributed by atoms with van der Waals surface area (Å²) < 4.78 is 11.2. The minimum Gasteiger partial charge on any atom is -0.508 e. The summed E-state index contributed by atoms with van der Waals surface area (Å²) in [5.41, 5.74) is 3.94. The second kappa shape index (κ2) is 7.09. The highest BCUT2D eigenvalue weighted by atomic mass is 16.5. The van der Waals surface area contributed by atoms with E-state index in [1.165, 1.54) is 5.57 Å². The quantitative estimate of drug-likeness (QED) is 0.813. The van der Waals surface area contributed by atoms with E-state index in [9.17, 15) is 10.2 Å². The van der Waals surface area contributed by atoms with E-state index in [-0.39, 0.29) is 17.4 Å². The fraction of sp³-hybridized carbons (Fsp3) is 0.333. The van der Waals surface area contributed by atoms with Gasteiger partial charge in [0.25, 0.3) is 0 Å². The Kier molecular flexibility index (Phi) is 4.88. The molecule has 0 aliphatic carbocycles. The van der Waals surface area contributed by atoms with Crippen LogP contribution in [0.1, 0.15) is 36.5 Å². The van der Waals surface area contributed by atoms with Crippen LogP contribution in [0.4, 0.5) is 0 Å². The van der Waals surface area contributed by atoms with Gasteiger partial charge in [0.15, 0.2) is 0 Å². The number of methoxy groups -OCH3 is 1. The van der Waals surface area contributed by atoms with E-state index < -0.39 is 0 Å². The molecule has 1 heterocycles. The van der Waals surface area contributed by atoms with Gasteiger partial charge in [-0.2, -0.15) is 0 Å². The van der Waals surface area contributed by atoms with Crippen LogP contribution in [0.15, 0.2) is 42.0 Å². The van der Waals surface area contributed by atoms with Crippen LogP contribution in [0, 0.1) is 0 Å². The van der Waals surface area contributed by atoms with E-state index in [1.807, 2.05) is 32.0 Å².